The first-order chi connectivity index (χ1) is 12.9. The van der Waals surface area contributed by atoms with Gasteiger partial charge in [0.15, 0.2) is 0 Å². The summed E-state index contributed by atoms with van der Waals surface area (Å²) in [6, 6.07) is 6.58. The molecule has 1 aromatic carbocycles. The average molecular weight is 396 g/mol. The molecular formula is C18H25FN4O3S. The van der Waals surface area contributed by atoms with E-state index in [1.54, 1.807) is 26.1 Å². The number of anilines is 1. The summed E-state index contributed by atoms with van der Waals surface area (Å²) in [5.74, 6) is 0.489. The predicted octanol–water partition coefficient (Wildman–Crippen LogP) is 3.13. The summed E-state index contributed by atoms with van der Waals surface area (Å²) in [6.45, 7) is 2.22. The Morgan fingerprint density at radius 1 is 1.30 bits per heavy atom. The Bertz CT molecular complexity index is 863. The molecule has 0 aliphatic heterocycles. The second-order valence-corrected chi connectivity index (χ2v) is 9.34. The van der Waals surface area contributed by atoms with Gasteiger partial charge in [0, 0.05) is 25.2 Å². The van der Waals surface area contributed by atoms with E-state index < -0.39 is 10.0 Å². The van der Waals surface area contributed by atoms with Gasteiger partial charge in [0.25, 0.3) is 0 Å². The van der Waals surface area contributed by atoms with Gasteiger partial charge < -0.3 is 9.84 Å². The van der Waals surface area contributed by atoms with Crippen molar-refractivity contribution in [3.8, 4) is 11.4 Å². The Kier molecular flexibility index (Phi) is 6.11. The Morgan fingerprint density at radius 3 is 2.70 bits per heavy atom. The van der Waals surface area contributed by atoms with E-state index in [1.165, 1.54) is 16.4 Å². The summed E-state index contributed by atoms with van der Waals surface area (Å²) in [5.41, 5.74) is 0.565. The van der Waals surface area contributed by atoms with Crippen molar-refractivity contribution in [2.45, 2.75) is 38.6 Å². The van der Waals surface area contributed by atoms with E-state index in [4.69, 9.17) is 4.52 Å². The van der Waals surface area contributed by atoms with Crippen molar-refractivity contribution < 1.29 is 17.3 Å². The van der Waals surface area contributed by atoms with Crippen LogP contribution in [0, 0.1) is 11.7 Å². The molecule has 1 aliphatic carbocycles. The number of nitrogens with zero attached hydrogens (tertiary/aromatic N) is 3. The lowest BCUT2D eigenvalue weighted by molar-refractivity contribution is 0.285. The number of aromatic nitrogens is 2. The van der Waals surface area contributed by atoms with Crippen LogP contribution < -0.4 is 5.32 Å². The summed E-state index contributed by atoms with van der Waals surface area (Å²) in [7, 11) is -1.48. The lowest BCUT2D eigenvalue weighted by atomic mass is 9.86. The number of rotatable bonds is 7. The van der Waals surface area contributed by atoms with Gasteiger partial charge in [-0.25, -0.2) is 17.1 Å². The second kappa shape index (κ2) is 8.35. The summed E-state index contributed by atoms with van der Waals surface area (Å²) >= 11 is 0. The molecule has 1 saturated carbocycles. The SMILES string of the molecule is CCS(=O)(=O)N(C)C[C@H]1CC[C@H](Nc2nc(-c3cccc(F)c3)no2)CC1. The van der Waals surface area contributed by atoms with Gasteiger partial charge >= 0.3 is 6.01 Å². The topological polar surface area (TPSA) is 88.3 Å². The molecule has 0 saturated heterocycles. The fourth-order valence-electron chi connectivity index (χ4n) is 3.39. The molecule has 0 unspecified atom stereocenters. The maximum atomic E-state index is 13.3. The lowest BCUT2D eigenvalue weighted by Gasteiger charge is -2.30. The maximum absolute atomic E-state index is 13.3. The zero-order valence-electron chi connectivity index (χ0n) is 15.6. The zero-order valence-corrected chi connectivity index (χ0v) is 16.4. The van der Waals surface area contributed by atoms with Crippen molar-refractivity contribution in [1.82, 2.24) is 14.4 Å². The summed E-state index contributed by atoms with van der Waals surface area (Å²) in [4.78, 5) is 4.28. The minimum Gasteiger partial charge on any atom is -0.335 e. The van der Waals surface area contributed by atoms with Crippen molar-refractivity contribution in [3.05, 3.63) is 30.1 Å². The van der Waals surface area contributed by atoms with E-state index >= 15 is 0 Å². The number of hydrogen-bond acceptors (Lipinski definition) is 6. The van der Waals surface area contributed by atoms with Crippen molar-refractivity contribution in [3.63, 3.8) is 0 Å². The third kappa shape index (κ3) is 5.04. The van der Waals surface area contributed by atoms with E-state index in [1.807, 2.05) is 0 Å². The van der Waals surface area contributed by atoms with Crippen LogP contribution in [0.25, 0.3) is 11.4 Å². The predicted molar refractivity (Wildman–Crippen MR) is 101 cm³/mol. The number of halogens is 1. The van der Waals surface area contributed by atoms with Gasteiger partial charge in [-0.1, -0.05) is 17.3 Å². The van der Waals surface area contributed by atoms with E-state index in [0.29, 0.717) is 29.9 Å². The van der Waals surface area contributed by atoms with Gasteiger partial charge in [-0.2, -0.15) is 4.98 Å². The molecule has 9 heteroatoms. The first-order valence-corrected chi connectivity index (χ1v) is 10.8. The van der Waals surface area contributed by atoms with Gasteiger partial charge in [0.05, 0.1) is 5.75 Å². The molecule has 0 spiro atoms. The molecule has 3 rings (SSSR count). The van der Waals surface area contributed by atoms with Crippen molar-refractivity contribution in [2.75, 3.05) is 24.7 Å². The Balaban J connectivity index is 1.51. The summed E-state index contributed by atoms with van der Waals surface area (Å²) in [6.07, 6.45) is 3.68. The lowest BCUT2D eigenvalue weighted by Crippen LogP contribution is -2.36. The van der Waals surface area contributed by atoms with Crippen LogP contribution in [0.3, 0.4) is 0 Å². The largest absolute Gasteiger partial charge is 0.335 e. The third-order valence-electron chi connectivity index (χ3n) is 5.04. The van der Waals surface area contributed by atoms with Crippen LogP contribution >= 0.6 is 0 Å². The van der Waals surface area contributed by atoms with Crippen LogP contribution in [0.4, 0.5) is 10.4 Å². The molecule has 0 radical (unpaired) electrons. The molecule has 1 fully saturated rings. The highest BCUT2D eigenvalue weighted by atomic mass is 32.2. The monoisotopic (exact) mass is 396 g/mol. The molecule has 0 bridgehead atoms. The first-order valence-electron chi connectivity index (χ1n) is 9.17. The third-order valence-corrected chi connectivity index (χ3v) is 6.87. The highest BCUT2D eigenvalue weighted by molar-refractivity contribution is 7.89. The highest BCUT2D eigenvalue weighted by Gasteiger charge is 2.26. The minimum absolute atomic E-state index is 0.130. The normalized spacial score (nSPS) is 20.7. The van der Waals surface area contributed by atoms with Gasteiger partial charge in [-0.15, -0.1) is 0 Å². The maximum Gasteiger partial charge on any atom is 0.322 e. The summed E-state index contributed by atoms with van der Waals surface area (Å²) < 4.78 is 43.8. The van der Waals surface area contributed by atoms with E-state index in [9.17, 15) is 12.8 Å². The molecule has 0 amide bonds. The van der Waals surface area contributed by atoms with E-state index in [-0.39, 0.29) is 17.6 Å². The molecule has 1 heterocycles. The van der Waals surface area contributed by atoms with Crippen molar-refractivity contribution in [2.24, 2.45) is 5.92 Å². The number of sulfonamides is 1. The van der Waals surface area contributed by atoms with Crippen LogP contribution in [0.15, 0.2) is 28.8 Å². The molecule has 1 aromatic heterocycles. The van der Waals surface area contributed by atoms with Crippen LogP contribution in [0.2, 0.25) is 0 Å². The van der Waals surface area contributed by atoms with Crippen LogP contribution in [-0.2, 0) is 10.0 Å². The standard InChI is InChI=1S/C18H25FN4O3S/c1-3-27(24,25)23(2)12-13-7-9-16(10-8-13)20-18-21-17(22-26-18)14-5-4-6-15(19)11-14/h4-6,11,13,16H,3,7-10,12H2,1-2H3,(H,20,21,22)/t13-,16-. The van der Waals surface area contributed by atoms with E-state index in [2.05, 4.69) is 15.5 Å². The fraction of sp³-hybridized carbons (Fsp3) is 0.556. The minimum atomic E-state index is -3.13. The van der Waals surface area contributed by atoms with Crippen LogP contribution in [-0.4, -0.2) is 48.3 Å². The molecule has 7 nitrogen and oxygen atoms in total. The molecule has 27 heavy (non-hydrogen) atoms. The van der Waals surface area contributed by atoms with Crippen molar-refractivity contribution in [1.29, 1.82) is 0 Å². The van der Waals surface area contributed by atoms with Crippen LogP contribution in [0.1, 0.15) is 32.6 Å². The zero-order chi connectivity index (χ0) is 19.4. The Hall–Kier alpha value is -2.00. The first kappa shape index (κ1) is 19.8. The van der Waals surface area contributed by atoms with Gasteiger partial charge in [0.1, 0.15) is 5.82 Å². The molecule has 0 atom stereocenters. The number of hydrogen-bond donors (Lipinski definition) is 1. The Morgan fingerprint density at radius 2 is 2.04 bits per heavy atom. The van der Waals surface area contributed by atoms with Gasteiger partial charge in [0.2, 0.25) is 15.8 Å². The van der Waals surface area contributed by atoms with Gasteiger partial charge in [-0.05, 0) is 50.7 Å². The summed E-state index contributed by atoms with van der Waals surface area (Å²) in [5, 5.41) is 7.13. The number of benzene rings is 1. The highest BCUT2D eigenvalue weighted by Crippen LogP contribution is 2.28. The quantitative estimate of drug-likeness (QED) is 0.774. The molecule has 1 N–H and O–H groups in total. The molecule has 148 valence electrons. The Labute approximate surface area is 159 Å². The smallest absolute Gasteiger partial charge is 0.322 e. The van der Waals surface area contributed by atoms with Crippen molar-refractivity contribution >= 4 is 16.0 Å². The average Bonchev–Trinajstić information content (AvgIpc) is 3.12. The molecule has 1 aliphatic rings. The van der Waals surface area contributed by atoms with E-state index in [0.717, 1.165) is 25.7 Å². The number of nitrogens with one attached hydrogen (secondary N) is 1. The molecular weight excluding hydrogens is 371 g/mol. The second-order valence-electron chi connectivity index (χ2n) is 6.98. The van der Waals surface area contributed by atoms with Crippen LogP contribution in [0.5, 0.6) is 0 Å². The fourth-order valence-corrected chi connectivity index (χ4v) is 4.27. The molecule has 2 aromatic rings. The van der Waals surface area contributed by atoms with Gasteiger partial charge in [-0.3, -0.25) is 0 Å².